The summed E-state index contributed by atoms with van der Waals surface area (Å²) in [7, 11) is 0. The first-order valence-corrected chi connectivity index (χ1v) is 7.18. The molecule has 2 N–H and O–H groups in total. The Labute approximate surface area is 123 Å². The summed E-state index contributed by atoms with van der Waals surface area (Å²) in [6.07, 6.45) is 4.15. The highest BCUT2D eigenvalue weighted by Crippen LogP contribution is 2.19. The summed E-state index contributed by atoms with van der Waals surface area (Å²) < 4.78 is 0. The highest BCUT2D eigenvalue weighted by molar-refractivity contribution is 5.82. The van der Waals surface area contributed by atoms with E-state index in [1.165, 1.54) is 5.56 Å². The fourth-order valence-electron chi connectivity index (χ4n) is 2.37. The SMILES string of the molecule is CC(C)C(Cc1ccccc1)Nc1ncnc2nc[nH]c12. The van der Waals surface area contributed by atoms with E-state index >= 15 is 0 Å². The first-order chi connectivity index (χ1) is 10.2. The van der Waals surface area contributed by atoms with Gasteiger partial charge in [-0.3, -0.25) is 0 Å². The normalized spacial score (nSPS) is 12.7. The maximum Gasteiger partial charge on any atom is 0.182 e. The van der Waals surface area contributed by atoms with Crippen LogP contribution in [0.2, 0.25) is 0 Å². The van der Waals surface area contributed by atoms with E-state index < -0.39 is 0 Å². The second-order valence-electron chi connectivity index (χ2n) is 5.51. The molecule has 21 heavy (non-hydrogen) atoms. The van der Waals surface area contributed by atoms with Crippen molar-refractivity contribution in [2.45, 2.75) is 26.3 Å². The van der Waals surface area contributed by atoms with E-state index in [2.05, 4.69) is 63.4 Å². The lowest BCUT2D eigenvalue weighted by atomic mass is 9.96. The number of fused-ring (bicyclic) bond motifs is 1. The maximum atomic E-state index is 4.35. The molecule has 0 bridgehead atoms. The molecule has 2 aromatic heterocycles. The van der Waals surface area contributed by atoms with Crippen molar-refractivity contribution in [2.75, 3.05) is 5.32 Å². The third-order valence-corrected chi connectivity index (χ3v) is 3.65. The van der Waals surface area contributed by atoms with E-state index in [1.54, 1.807) is 12.7 Å². The molecule has 1 atom stereocenters. The van der Waals surface area contributed by atoms with Crippen LogP contribution in [0.5, 0.6) is 0 Å². The first kappa shape index (κ1) is 13.5. The molecular formula is C16H19N5. The third kappa shape index (κ3) is 3.02. The van der Waals surface area contributed by atoms with Gasteiger partial charge in [-0.1, -0.05) is 44.2 Å². The van der Waals surface area contributed by atoms with Gasteiger partial charge in [0.2, 0.25) is 0 Å². The van der Waals surface area contributed by atoms with Crippen molar-refractivity contribution in [2.24, 2.45) is 5.92 Å². The number of nitrogens with one attached hydrogen (secondary N) is 2. The van der Waals surface area contributed by atoms with E-state index in [-0.39, 0.29) is 0 Å². The zero-order chi connectivity index (χ0) is 14.7. The molecule has 0 radical (unpaired) electrons. The molecule has 0 saturated heterocycles. The lowest BCUT2D eigenvalue weighted by Gasteiger charge is -2.23. The Morgan fingerprint density at radius 2 is 1.90 bits per heavy atom. The number of benzene rings is 1. The molecule has 0 aliphatic heterocycles. The average molecular weight is 281 g/mol. The van der Waals surface area contributed by atoms with Gasteiger partial charge in [0, 0.05) is 6.04 Å². The van der Waals surface area contributed by atoms with Crippen LogP contribution in [0.1, 0.15) is 19.4 Å². The van der Waals surface area contributed by atoms with E-state index in [0.717, 1.165) is 17.8 Å². The van der Waals surface area contributed by atoms with Crippen LogP contribution in [0.4, 0.5) is 5.82 Å². The number of aromatic amines is 1. The zero-order valence-electron chi connectivity index (χ0n) is 12.2. The van der Waals surface area contributed by atoms with Crippen LogP contribution in [0.3, 0.4) is 0 Å². The molecule has 1 aromatic carbocycles. The molecule has 0 aliphatic rings. The monoisotopic (exact) mass is 281 g/mol. The van der Waals surface area contributed by atoms with E-state index in [9.17, 15) is 0 Å². The van der Waals surface area contributed by atoms with Crippen molar-refractivity contribution < 1.29 is 0 Å². The molecule has 0 amide bonds. The Morgan fingerprint density at radius 1 is 1.10 bits per heavy atom. The fourth-order valence-corrected chi connectivity index (χ4v) is 2.37. The van der Waals surface area contributed by atoms with Crippen molar-refractivity contribution in [3.05, 3.63) is 48.5 Å². The summed E-state index contributed by atoms with van der Waals surface area (Å²) in [4.78, 5) is 15.8. The predicted octanol–water partition coefficient (Wildman–Crippen LogP) is 3.03. The fraction of sp³-hybridized carbons (Fsp3) is 0.312. The summed E-state index contributed by atoms with van der Waals surface area (Å²) >= 11 is 0. The number of rotatable bonds is 5. The number of aromatic nitrogens is 4. The molecule has 0 saturated carbocycles. The summed E-state index contributed by atoms with van der Waals surface area (Å²) in [5.74, 6) is 1.30. The van der Waals surface area contributed by atoms with Gasteiger partial charge in [0.25, 0.3) is 0 Å². The van der Waals surface area contributed by atoms with E-state index in [1.807, 2.05) is 6.07 Å². The van der Waals surface area contributed by atoms with Gasteiger partial charge in [-0.05, 0) is 17.9 Å². The minimum Gasteiger partial charge on any atom is -0.365 e. The highest BCUT2D eigenvalue weighted by atomic mass is 15.1. The van der Waals surface area contributed by atoms with Crippen LogP contribution < -0.4 is 5.32 Å². The molecule has 0 spiro atoms. The molecule has 108 valence electrons. The molecule has 3 rings (SSSR count). The average Bonchev–Trinajstić information content (AvgIpc) is 2.97. The molecular weight excluding hydrogens is 262 g/mol. The molecule has 0 fully saturated rings. The number of hydrogen-bond acceptors (Lipinski definition) is 4. The van der Waals surface area contributed by atoms with Gasteiger partial charge in [-0.2, -0.15) is 0 Å². The molecule has 5 heteroatoms. The van der Waals surface area contributed by atoms with Crippen LogP contribution in [-0.2, 0) is 6.42 Å². The number of nitrogens with zero attached hydrogens (tertiary/aromatic N) is 3. The molecule has 3 aromatic rings. The van der Waals surface area contributed by atoms with Crippen molar-refractivity contribution >= 4 is 17.0 Å². The second-order valence-corrected chi connectivity index (χ2v) is 5.51. The van der Waals surface area contributed by atoms with Gasteiger partial charge in [0.05, 0.1) is 6.33 Å². The lowest BCUT2D eigenvalue weighted by Crippen LogP contribution is -2.28. The first-order valence-electron chi connectivity index (χ1n) is 7.18. The topological polar surface area (TPSA) is 66.5 Å². The van der Waals surface area contributed by atoms with Gasteiger partial charge < -0.3 is 10.3 Å². The second kappa shape index (κ2) is 5.91. The molecule has 0 aliphatic carbocycles. The largest absolute Gasteiger partial charge is 0.365 e. The Balaban J connectivity index is 1.84. The van der Waals surface area contributed by atoms with Gasteiger partial charge in [0.15, 0.2) is 11.5 Å². The third-order valence-electron chi connectivity index (χ3n) is 3.65. The number of H-pyrrole nitrogens is 1. The summed E-state index contributed by atoms with van der Waals surface area (Å²) in [6, 6.07) is 10.8. The number of hydrogen-bond donors (Lipinski definition) is 2. The van der Waals surface area contributed by atoms with Crippen LogP contribution >= 0.6 is 0 Å². The highest BCUT2D eigenvalue weighted by Gasteiger charge is 2.16. The Morgan fingerprint density at radius 3 is 2.67 bits per heavy atom. The predicted molar refractivity (Wildman–Crippen MR) is 84.1 cm³/mol. The van der Waals surface area contributed by atoms with Crippen LogP contribution in [0, 0.1) is 5.92 Å². The number of anilines is 1. The number of imidazole rings is 1. The van der Waals surface area contributed by atoms with E-state index in [0.29, 0.717) is 17.6 Å². The Bertz CT molecular complexity index is 705. The van der Waals surface area contributed by atoms with E-state index in [4.69, 9.17) is 0 Å². The Hall–Kier alpha value is -2.43. The van der Waals surface area contributed by atoms with Gasteiger partial charge in [-0.15, -0.1) is 0 Å². The van der Waals surface area contributed by atoms with Gasteiger partial charge >= 0.3 is 0 Å². The molecule has 1 unspecified atom stereocenters. The smallest absolute Gasteiger partial charge is 0.182 e. The standard InChI is InChI=1S/C16H19N5/c1-11(2)13(8-12-6-4-3-5-7-12)21-16-14-15(18-9-17-14)19-10-20-16/h3-7,9-11,13H,8H2,1-2H3,(H2,17,18,19,20,21). The van der Waals surface area contributed by atoms with Crippen LogP contribution in [0.15, 0.2) is 43.0 Å². The lowest BCUT2D eigenvalue weighted by molar-refractivity contribution is 0.520. The van der Waals surface area contributed by atoms with Crippen molar-refractivity contribution in [1.82, 2.24) is 19.9 Å². The molecule has 2 heterocycles. The van der Waals surface area contributed by atoms with Crippen molar-refractivity contribution in [1.29, 1.82) is 0 Å². The summed E-state index contributed by atoms with van der Waals surface area (Å²) in [6.45, 7) is 4.43. The van der Waals surface area contributed by atoms with Gasteiger partial charge in [-0.25, -0.2) is 15.0 Å². The summed E-state index contributed by atoms with van der Waals surface area (Å²) in [5.41, 5.74) is 2.87. The minimum atomic E-state index is 0.300. The van der Waals surface area contributed by atoms with Crippen molar-refractivity contribution in [3.8, 4) is 0 Å². The van der Waals surface area contributed by atoms with Crippen molar-refractivity contribution in [3.63, 3.8) is 0 Å². The van der Waals surface area contributed by atoms with Crippen LogP contribution in [-0.4, -0.2) is 26.0 Å². The van der Waals surface area contributed by atoms with Crippen LogP contribution in [0.25, 0.3) is 11.2 Å². The quantitative estimate of drug-likeness (QED) is 0.754. The summed E-state index contributed by atoms with van der Waals surface area (Å²) in [5, 5.41) is 3.53. The minimum absolute atomic E-state index is 0.300. The molecule has 5 nitrogen and oxygen atoms in total. The zero-order valence-corrected chi connectivity index (χ0v) is 12.2. The van der Waals surface area contributed by atoms with Gasteiger partial charge in [0.1, 0.15) is 11.8 Å². The maximum absolute atomic E-state index is 4.35. The Kier molecular flexibility index (Phi) is 3.81.